The molecule has 0 saturated carbocycles. The van der Waals surface area contributed by atoms with E-state index in [1.54, 1.807) is 32.7 Å². The number of ketones is 1. The first-order valence-corrected chi connectivity index (χ1v) is 11.7. The number of rotatable bonds is 5. The maximum Gasteiger partial charge on any atom is 0.203 e. The summed E-state index contributed by atoms with van der Waals surface area (Å²) in [6, 6.07) is 15.7. The van der Waals surface area contributed by atoms with E-state index in [4.69, 9.17) is 14.2 Å². The average Bonchev–Trinajstić information content (AvgIpc) is 3.32. The third kappa shape index (κ3) is 3.82. The van der Waals surface area contributed by atoms with Gasteiger partial charge in [0.15, 0.2) is 17.3 Å². The number of benzene rings is 2. The number of methoxy groups -OCH3 is 3. The Morgan fingerprint density at radius 2 is 1.64 bits per heavy atom. The number of hydrogen-bond acceptors (Lipinski definition) is 7. The van der Waals surface area contributed by atoms with Crippen molar-refractivity contribution in [1.82, 2.24) is 0 Å². The van der Waals surface area contributed by atoms with Gasteiger partial charge in [0.2, 0.25) is 5.75 Å². The molecule has 0 amide bonds. The van der Waals surface area contributed by atoms with Crippen LogP contribution in [-0.4, -0.2) is 27.1 Å². The monoisotopic (exact) mass is 462 g/mol. The molecule has 1 aliphatic heterocycles. The van der Waals surface area contributed by atoms with E-state index < -0.39 is 0 Å². The first-order chi connectivity index (χ1) is 16.1. The second-order valence-electron chi connectivity index (χ2n) is 8.14. The number of para-hydroxylation sites is 2. The predicted octanol–water partition coefficient (Wildman–Crippen LogP) is 5.75. The number of carbonyl (C=O) groups excluding carboxylic acids is 1. The fraction of sp³-hybridized carbons (Fsp3) is 0.269. The SMILES string of the molecule is COc1cc([C@@H]2Nc3ccccc3NC3=C2C(=O)C[C@@H](c2cccs2)C3)cc(OC)c1OC. The Bertz CT molecular complexity index is 1190. The molecule has 1 aromatic heterocycles. The summed E-state index contributed by atoms with van der Waals surface area (Å²) >= 11 is 1.71. The van der Waals surface area contributed by atoms with Crippen molar-refractivity contribution in [2.24, 2.45) is 0 Å². The minimum Gasteiger partial charge on any atom is -0.493 e. The lowest BCUT2D eigenvalue weighted by Crippen LogP contribution is -2.26. The molecule has 0 spiro atoms. The van der Waals surface area contributed by atoms with Crippen LogP contribution >= 0.6 is 11.3 Å². The number of hydrogen-bond donors (Lipinski definition) is 2. The summed E-state index contributed by atoms with van der Waals surface area (Å²) in [6.07, 6.45) is 1.26. The van der Waals surface area contributed by atoms with Crippen molar-refractivity contribution in [3.05, 3.63) is 75.6 Å². The summed E-state index contributed by atoms with van der Waals surface area (Å²) in [7, 11) is 4.78. The zero-order chi connectivity index (χ0) is 22.9. The summed E-state index contributed by atoms with van der Waals surface area (Å²) < 4.78 is 16.7. The molecule has 3 aromatic rings. The van der Waals surface area contributed by atoms with Gasteiger partial charge >= 0.3 is 0 Å². The Hall–Kier alpha value is -3.45. The molecule has 1 aliphatic carbocycles. The molecule has 6 nitrogen and oxygen atoms in total. The molecule has 0 bridgehead atoms. The van der Waals surface area contributed by atoms with Crippen LogP contribution in [0, 0.1) is 0 Å². The lowest BCUT2D eigenvalue weighted by molar-refractivity contribution is -0.116. The van der Waals surface area contributed by atoms with E-state index in [9.17, 15) is 4.79 Å². The van der Waals surface area contributed by atoms with Gasteiger partial charge in [0.25, 0.3) is 0 Å². The summed E-state index contributed by atoms with van der Waals surface area (Å²) in [5.41, 5.74) is 4.48. The number of carbonyl (C=O) groups is 1. The van der Waals surface area contributed by atoms with E-state index in [2.05, 4.69) is 22.1 Å². The van der Waals surface area contributed by atoms with E-state index >= 15 is 0 Å². The largest absolute Gasteiger partial charge is 0.493 e. The van der Waals surface area contributed by atoms with Crippen molar-refractivity contribution in [1.29, 1.82) is 0 Å². The van der Waals surface area contributed by atoms with Crippen LogP contribution in [0.2, 0.25) is 0 Å². The van der Waals surface area contributed by atoms with E-state index in [0.29, 0.717) is 23.7 Å². The minimum absolute atomic E-state index is 0.140. The minimum atomic E-state index is -0.360. The standard InChI is InChI=1S/C26H26N2O4S/c1-30-21-13-16(14-22(31-2)26(21)32-3)25-24-19(27-17-7-4-5-8-18(17)28-25)11-15(12-20(24)29)23-9-6-10-33-23/h4-10,13-15,25,27-28H,11-12H2,1-3H3/t15-,25-/m0/s1. The number of allylic oxidation sites excluding steroid dienone is 1. The van der Waals surface area contributed by atoms with Crippen molar-refractivity contribution in [3.8, 4) is 17.2 Å². The van der Waals surface area contributed by atoms with E-state index in [-0.39, 0.29) is 17.7 Å². The van der Waals surface area contributed by atoms with Crippen molar-refractivity contribution < 1.29 is 19.0 Å². The van der Waals surface area contributed by atoms with Gasteiger partial charge in [-0.15, -0.1) is 11.3 Å². The molecule has 170 valence electrons. The highest BCUT2D eigenvalue weighted by molar-refractivity contribution is 7.10. The zero-order valence-electron chi connectivity index (χ0n) is 18.8. The molecule has 0 saturated heterocycles. The zero-order valence-corrected chi connectivity index (χ0v) is 19.6. The van der Waals surface area contributed by atoms with Crippen LogP contribution in [0.3, 0.4) is 0 Å². The van der Waals surface area contributed by atoms with Crippen LogP contribution in [0.4, 0.5) is 11.4 Å². The maximum atomic E-state index is 13.6. The Kier molecular flexibility index (Phi) is 5.72. The fourth-order valence-corrected chi connectivity index (χ4v) is 5.57. The van der Waals surface area contributed by atoms with Crippen molar-refractivity contribution in [2.45, 2.75) is 24.8 Å². The Balaban J connectivity index is 1.66. The number of anilines is 2. The van der Waals surface area contributed by atoms with Gasteiger partial charge in [-0.05, 0) is 47.7 Å². The third-order valence-corrected chi connectivity index (χ3v) is 7.31. The molecule has 2 aromatic carbocycles. The Morgan fingerprint density at radius 1 is 0.909 bits per heavy atom. The van der Waals surface area contributed by atoms with Gasteiger partial charge in [-0.2, -0.15) is 0 Å². The van der Waals surface area contributed by atoms with Gasteiger partial charge in [0.05, 0.1) is 38.7 Å². The lowest BCUT2D eigenvalue weighted by atomic mass is 9.80. The number of fused-ring (bicyclic) bond motifs is 1. The summed E-state index contributed by atoms with van der Waals surface area (Å²) in [6.45, 7) is 0. The maximum absolute atomic E-state index is 13.6. The van der Waals surface area contributed by atoms with Crippen molar-refractivity contribution in [3.63, 3.8) is 0 Å². The Morgan fingerprint density at radius 3 is 2.27 bits per heavy atom. The third-order valence-electron chi connectivity index (χ3n) is 6.27. The Labute approximate surface area is 197 Å². The van der Waals surface area contributed by atoms with Crippen LogP contribution in [0.1, 0.15) is 35.2 Å². The number of ether oxygens (including phenoxy) is 3. The van der Waals surface area contributed by atoms with Crippen LogP contribution in [0.5, 0.6) is 17.2 Å². The summed E-state index contributed by atoms with van der Waals surface area (Å²) in [5.74, 6) is 1.95. The lowest BCUT2D eigenvalue weighted by Gasteiger charge is -2.29. The highest BCUT2D eigenvalue weighted by atomic mass is 32.1. The summed E-state index contributed by atoms with van der Waals surface area (Å²) in [4.78, 5) is 14.9. The molecular weight excluding hydrogens is 436 g/mol. The molecule has 0 radical (unpaired) electrons. The van der Waals surface area contributed by atoms with E-state index in [1.165, 1.54) is 4.88 Å². The molecule has 2 heterocycles. The summed E-state index contributed by atoms with van der Waals surface area (Å²) in [5, 5.41) is 9.25. The molecule has 33 heavy (non-hydrogen) atoms. The first kappa shape index (κ1) is 21.4. The predicted molar refractivity (Wildman–Crippen MR) is 131 cm³/mol. The average molecular weight is 463 g/mol. The smallest absolute Gasteiger partial charge is 0.203 e. The van der Waals surface area contributed by atoms with Gasteiger partial charge in [0.1, 0.15) is 0 Å². The number of nitrogens with one attached hydrogen (secondary N) is 2. The topological polar surface area (TPSA) is 68.8 Å². The second-order valence-corrected chi connectivity index (χ2v) is 9.12. The van der Waals surface area contributed by atoms with Gasteiger partial charge in [-0.25, -0.2) is 0 Å². The fourth-order valence-electron chi connectivity index (χ4n) is 4.74. The highest BCUT2D eigenvalue weighted by Crippen LogP contribution is 2.47. The molecule has 2 aliphatic rings. The van der Waals surface area contributed by atoms with Crippen LogP contribution in [-0.2, 0) is 4.79 Å². The normalized spacial score (nSPS) is 19.5. The molecule has 0 fully saturated rings. The molecule has 2 N–H and O–H groups in total. The van der Waals surface area contributed by atoms with Gasteiger partial charge in [0, 0.05) is 28.5 Å². The molecular formula is C26H26N2O4S. The number of Topliss-reactive ketones (excluding diaryl/α,β-unsaturated/α-hetero) is 1. The first-order valence-electron chi connectivity index (χ1n) is 10.8. The van der Waals surface area contributed by atoms with Crippen LogP contribution in [0.15, 0.2) is 65.2 Å². The van der Waals surface area contributed by atoms with E-state index in [0.717, 1.165) is 34.6 Å². The molecule has 0 unspecified atom stereocenters. The quantitative estimate of drug-likeness (QED) is 0.503. The molecule has 2 atom stereocenters. The van der Waals surface area contributed by atoms with Crippen molar-refractivity contribution in [2.75, 3.05) is 32.0 Å². The number of thiophene rings is 1. The van der Waals surface area contributed by atoms with Gasteiger partial charge < -0.3 is 24.8 Å². The molecule has 5 rings (SSSR count). The van der Waals surface area contributed by atoms with Gasteiger partial charge in [-0.3, -0.25) is 4.79 Å². The van der Waals surface area contributed by atoms with Crippen LogP contribution in [0.25, 0.3) is 0 Å². The van der Waals surface area contributed by atoms with Gasteiger partial charge in [-0.1, -0.05) is 18.2 Å². The second kappa shape index (κ2) is 8.83. The van der Waals surface area contributed by atoms with Crippen molar-refractivity contribution >= 4 is 28.5 Å². The van der Waals surface area contributed by atoms with Crippen LogP contribution < -0.4 is 24.8 Å². The van der Waals surface area contributed by atoms with E-state index in [1.807, 2.05) is 42.5 Å². The molecule has 7 heteroatoms. The highest BCUT2D eigenvalue weighted by Gasteiger charge is 2.37.